The molecule has 2 N–H and O–H groups in total. The molecule has 0 bridgehead atoms. The maximum atomic E-state index is 13.2. The SMILES string of the molecule is Cc1ccc(-c2ccc(/C=N\Nc3nc4nonc4nc3Nc3ccc(F)cc3)o2)cc1Cl. The summed E-state index contributed by atoms with van der Waals surface area (Å²) < 4.78 is 23.7. The summed E-state index contributed by atoms with van der Waals surface area (Å²) in [5.74, 6) is 1.38. The smallest absolute Gasteiger partial charge is 0.245 e. The van der Waals surface area contributed by atoms with Crippen LogP contribution in [-0.2, 0) is 0 Å². The Kier molecular flexibility index (Phi) is 5.41. The van der Waals surface area contributed by atoms with Crippen LogP contribution < -0.4 is 10.7 Å². The average Bonchev–Trinajstić information content (AvgIpc) is 3.46. The number of fused-ring (bicyclic) bond motifs is 1. The van der Waals surface area contributed by atoms with Crippen LogP contribution in [0.15, 0.2) is 68.7 Å². The molecule has 0 aliphatic carbocycles. The molecule has 11 heteroatoms. The zero-order valence-corrected chi connectivity index (χ0v) is 17.8. The summed E-state index contributed by atoms with van der Waals surface area (Å²) in [5, 5.41) is 15.3. The van der Waals surface area contributed by atoms with E-state index in [-0.39, 0.29) is 22.9 Å². The minimum atomic E-state index is -0.350. The van der Waals surface area contributed by atoms with Gasteiger partial charge in [0.15, 0.2) is 11.6 Å². The average molecular weight is 464 g/mol. The Hall–Kier alpha value is -4.31. The van der Waals surface area contributed by atoms with E-state index in [2.05, 4.69) is 40.8 Å². The van der Waals surface area contributed by atoms with E-state index in [1.807, 2.05) is 31.2 Å². The summed E-state index contributed by atoms with van der Waals surface area (Å²) in [5.41, 5.74) is 5.67. The molecule has 0 aliphatic heterocycles. The van der Waals surface area contributed by atoms with Crippen LogP contribution in [0.25, 0.3) is 22.6 Å². The molecule has 33 heavy (non-hydrogen) atoms. The first-order valence-corrected chi connectivity index (χ1v) is 10.1. The topological polar surface area (TPSA) is 114 Å². The van der Waals surface area contributed by atoms with Crippen LogP contribution in [0, 0.1) is 12.7 Å². The number of nitrogens with one attached hydrogen (secondary N) is 2. The lowest BCUT2D eigenvalue weighted by molar-refractivity contribution is 0.314. The van der Waals surface area contributed by atoms with Gasteiger partial charge in [0.1, 0.15) is 17.3 Å². The minimum Gasteiger partial charge on any atom is -0.455 e. The van der Waals surface area contributed by atoms with E-state index in [1.165, 1.54) is 18.3 Å². The van der Waals surface area contributed by atoms with Gasteiger partial charge in [0.05, 0.1) is 6.21 Å². The predicted molar refractivity (Wildman–Crippen MR) is 122 cm³/mol. The molecule has 0 saturated heterocycles. The van der Waals surface area contributed by atoms with E-state index in [4.69, 9.17) is 16.0 Å². The van der Waals surface area contributed by atoms with Crippen LogP contribution in [0.1, 0.15) is 11.3 Å². The highest BCUT2D eigenvalue weighted by Gasteiger charge is 2.13. The van der Waals surface area contributed by atoms with Crippen molar-refractivity contribution in [2.24, 2.45) is 5.10 Å². The largest absolute Gasteiger partial charge is 0.455 e. The molecule has 5 aromatic rings. The van der Waals surface area contributed by atoms with Crippen LogP contribution in [0.4, 0.5) is 21.7 Å². The molecule has 2 aromatic carbocycles. The molecule has 0 atom stereocenters. The molecular formula is C22H15ClFN7O2. The highest BCUT2D eigenvalue weighted by Crippen LogP contribution is 2.27. The first kappa shape index (κ1) is 20.6. The van der Waals surface area contributed by atoms with E-state index in [0.29, 0.717) is 28.0 Å². The Morgan fingerprint density at radius 2 is 1.73 bits per heavy atom. The van der Waals surface area contributed by atoms with Gasteiger partial charge in [0, 0.05) is 16.3 Å². The lowest BCUT2D eigenvalue weighted by Gasteiger charge is -2.09. The van der Waals surface area contributed by atoms with Gasteiger partial charge in [-0.15, -0.1) is 0 Å². The first-order valence-electron chi connectivity index (χ1n) is 9.73. The summed E-state index contributed by atoms with van der Waals surface area (Å²) in [7, 11) is 0. The second kappa shape index (κ2) is 8.67. The zero-order chi connectivity index (χ0) is 22.8. The van der Waals surface area contributed by atoms with Gasteiger partial charge in [0.25, 0.3) is 0 Å². The van der Waals surface area contributed by atoms with Crippen LogP contribution in [0.5, 0.6) is 0 Å². The summed E-state index contributed by atoms with van der Waals surface area (Å²) in [6.45, 7) is 1.94. The summed E-state index contributed by atoms with van der Waals surface area (Å²) in [4.78, 5) is 8.64. The molecule has 0 fully saturated rings. The molecule has 0 aliphatic rings. The number of nitrogens with zero attached hydrogens (tertiary/aromatic N) is 5. The van der Waals surface area contributed by atoms with Crippen molar-refractivity contribution < 1.29 is 13.4 Å². The molecule has 9 nitrogen and oxygen atoms in total. The van der Waals surface area contributed by atoms with Crippen LogP contribution >= 0.6 is 11.6 Å². The fourth-order valence-corrected chi connectivity index (χ4v) is 3.13. The normalized spacial score (nSPS) is 11.4. The number of hydrazone groups is 1. The van der Waals surface area contributed by atoms with E-state index in [9.17, 15) is 4.39 Å². The van der Waals surface area contributed by atoms with Gasteiger partial charge in [-0.2, -0.15) is 10.1 Å². The Morgan fingerprint density at radius 3 is 2.48 bits per heavy atom. The molecule has 5 rings (SSSR count). The second-order valence-electron chi connectivity index (χ2n) is 7.00. The zero-order valence-electron chi connectivity index (χ0n) is 17.1. The number of hydrogen-bond donors (Lipinski definition) is 2. The molecule has 0 saturated carbocycles. The maximum absolute atomic E-state index is 13.2. The standard InChI is InChI=1S/C22H15ClFN7O2/c1-12-2-3-13(10-17(12)23)18-9-8-16(32-18)11-25-29-20-19(26-15-6-4-14(24)5-7-15)27-21-22(28-20)31-33-30-21/h2-11H,1H3,(H,26,27,30)(H,28,29,31)/b25-11-. The van der Waals surface area contributed by atoms with Crippen molar-refractivity contribution in [3.63, 3.8) is 0 Å². The quantitative estimate of drug-likeness (QED) is 0.248. The van der Waals surface area contributed by atoms with Gasteiger partial charge in [0.2, 0.25) is 11.3 Å². The summed E-state index contributed by atoms with van der Waals surface area (Å²) in [6, 6.07) is 15.1. The molecule has 0 amide bonds. The number of halogens is 2. The van der Waals surface area contributed by atoms with Gasteiger partial charge >= 0.3 is 0 Å². The molecule has 0 unspecified atom stereocenters. The van der Waals surface area contributed by atoms with Crippen molar-refractivity contribution >= 4 is 46.4 Å². The van der Waals surface area contributed by atoms with Crippen molar-refractivity contribution in [2.45, 2.75) is 6.92 Å². The van der Waals surface area contributed by atoms with Crippen molar-refractivity contribution in [1.82, 2.24) is 20.3 Å². The third-order valence-electron chi connectivity index (χ3n) is 4.67. The Labute approximate surface area is 191 Å². The van der Waals surface area contributed by atoms with E-state index < -0.39 is 0 Å². The van der Waals surface area contributed by atoms with Crippen LogP contribution in [0.2, 0.25) is 5.02 Å². The monoisotopic (exact) mass is 463 g/mol. The van der Waals surface area contributed by atoms with E-state index >= 15 is 0 Å². The number of furan rings is 1. The van der Waals surface area contributed by atoms with Crippen LogP contribution in [0.3, 0.4) is 0 Å². The highest BCUT2D eigenvalue weighted by molar-refractivity contribution is 6.31. The fraction of sp³-hybridized carbons (Fsp3) is 0.0455. The van der Waals surface area contributed by atoms with E-state index in [1.54, 1.807) is 18.2 Å². The van der Waals surface area contributed by atoms with Gasteiger partial charge in [-0.25, -0.2) is 14.0 Å². The number of rotatable bonds is 6. The minimum absolute atomic E-state index is 0.203. The molecule has 0 spiro atoms. The lowest BCUT2D eigenvalue weighted by Crippen LogP contribution is -2.03. The molecule has 0 radical (unpaired) electrons. The highest BCUT2D eigenvalue weighted by atomic mass is 35.5. The lowest BCUT2D eigenvalue weighted by atomic mass is 10.1. The van der Waals surface area contributed by atoms with Gasteiger partial charge in [-0.05, 0) is 65.3 Å². The third-order valence-corrected chi connectivity index (χ3v) is 5.07. The molecule has 3 heterocycles. The Morgan fingerprint density at radius 1 is 0.970 bits per heavy atom. The van der Waals surface area contributed by atoms with Gasteiger partial charge in [-0.3, -0.25) is 5.43 Å². The van der Waals surface area contributed by atoms with Crippen LogP contribution in [-0.4, -0.2) is 26.5 Å². The fourth-order valence-electron chi connectivity index (χ4n) is 2.95. The van der Waals surface area contributed by atoms with E-state index in [0.717, 1.165) is 11.1 Å². The number of benzene rings is 2. The van der Waals surface area contributed by atoms with Crippen molar-refractivity contribution in [3.8, 4) is 11.3 Å². The number of aromatic nitrogens is 4. The molecular weight excluding hydrogens is 449 g/mol. The summed E-state index contributed by atoms with van der Waals surface area (Å²) in [6.07, 6.45) is 1.49. The number of hydrogen-bond acceptors (Lipinski definition) is 9. The van der Waals surface area contributed by atoms with Crippen molar-refractivity contribution in [2.75, 3.05) is 10.7 Å². The third kappa shape index (κ3) is 4.51. The maximum Gasteiger partial charge on any atom is 0.245 e. The van der Waals surface area contributed by atoms with Gasteiger partial charge in [-0.1, -0.05) is 23.7 Å². The van der Waals surface area contributed by atoms with Crippen molar-refractivity contribution in [1.29, 1.82) is 0 Å². The van der Waals surface area contributed by atoms with Crippen molar-refractivity contribution in [3.05, 3.63) is 76.8 Å². The number of anilines is 3. The Bertz CT molecular complexity index is 1460. The first-order chi connectivity index (χ1) is 16.0. The molecule has 3 aromatic heterocycles. The molecule has 164 valence electrons. The second-order valence-corrected chi connectivity index (χ2v) is 7.41. The van der Waals surface area contributed by atoms with Gasteiger partial charge < -0.3 is 9.73 Å². The summed E-state index contributed by atoms with van der Waals surface area (Å²) >= 11 is 6.20. The number of aryl methyl sites for hydroxylation is 1. The predicted octanol–water partition coefficient (Wildman–Crippen LogP) is 5.56. The Balaban J connectivity index is 1.37.